The second kappa shape index (κ2) is 6.09. The third-order valence-corrected chi connectivity index (χ3v) is 3.29. The lowest BCUT2D eigenvalue weighted by molar-refractivity contribution is -0.138. The van der Waals surface area contributed by atoms with Crippen LogP contribution in [0.4, 0.5) is 18.9 Å². The molecular formula is C11H4Br2F3N3. The molecule has 1 rings (SSSR count). The van der Waals surface area contributed by atoms with E-state index in [0.717, 1.165) is 12.3 Å². The Morgan fingerprint density at radius 3 is 2.21 bits per heavy atom. The van der Waals surface area contributed by atoms with Gasteiger partial charge < -0.3 is 5.32 Å². The summed E-state index contributed by atoms with van der Waals surface area (Å²) in [7, 11) is 0. The number of benzene rings is 1. The quantitative estimate of drug-likeness (QED) is 0.747. The van der Waals surface area contributed by atoms with E-state index < -0.39 is 11.7 Å². The number of halogens is 5. The van der Waals surface area contributed by atoms with Gasteiger partial charge in [-0.15, -0.1) is 0 Å². The topological polar surface area (TPSA) is 59.6 Å². The minimum atomic E-state index is -4.51. The molecule has 0 aliphatic heterocycles. The molecule has 0 radical (unpaired) electrons. The molecule has 0 aliphatic carbocycles. The molecule has 1 N–H and O–H groups in total. The molecule has 98 valence electrons. The summed E-state index contributed by atoms with van der Waals surface area (Å²) in [5, 5.41) is 19.5. The molecule has 0 unspecified atom stereocenters. The maximum atomic E-state index is 12.7. The van der Waals surface area contributed by atoms with E-state index in [4.69, 9.17) is 10.5 Å². The summed E-state index contributed by atoms with van der Waals surface area (Å²) in [6.07, 6.45) is -3.47. The minimum Gasteiger partial charge on any atom is -0.359 e. The summed E-state index contributed by atoms with van der Waals surface area (Å²) in [5.74, 6) is 0. The lowest BCUT2D eigenvalue weighted by Gasteiger charge is -2.12. The first-order valence-electron chi connectivity index (χ1n) is 4.62. The number of nitriles is 2. The Morgan fingerprint density at radius 1 is 1.16 bits per heavy atom. The fourth-order valence-corrected chi connectivity index (χ4v) is 2.45. The Balaban J connectivity index is 3.21. The number of nitrogens with one attached hydrogen (secondary N) is 1. The Hall–Kier alpha value is -1.51. The van der Waals surface area contributed by atoms with Gasteiger partial charge in [-0.05, 0) is 28.1 Å². The van der Waals surface area contributed by atoms with Crippen LogP contribution >= 0.6 is 31.9 Å². The molecule has 19 heavy (non-hydrogen) atoms. The van der Waals surface area contributed by atoms with Crippen molar-refractivity contribution in [1.29, 1.82) is 10.5 Å². The molecule has 1 aromatic rings. The van der Waals surface area contributed by atoms with Crippen molar-refractivity contribution in [2.75, 3.05) is 5.32 Å². The molecule has 0 aromatic heterocycles. The van der Waals surface area contributed by atoms with E-state index in [-0.39, 0.29) is 15.7 Å². The van der Waals surface area contributed by atoms with Gasteiger partial charge in [-0.2, -0.15) is 23.7 Å². The standard InChI is InChI=1S/C11H4Br2F3N3/c12-8-2-9(13)10(1-7(8)11(14,15)16)19-5-6(3-17)4-18/h1-2,5,19H. The van der Waals surface area contributed by atoms with Crippen LogP contribution < -0.4 is 5.32 Å². The average Bonchev–Trinajstić information content (AvgIpc) is 2.31. The third-order valence-electron chi connectivity index (χ3n) is 1.98. The van der Waals surface area contributed by atoms with Gasteiger partial charge >= 0.3 is 6.18 Å². The fourth-order valence-electron chi connectivity index (χ4n) is 1.12. The van der Waals surface area contributed by atoms with Crippen LogP contribution in [0.5, 0.6) is 0 Å². The maximum absolute atomic E-state index is 12.7. The van der Waals surface area contributed by atoms with Crippen molar-refractivity contribution in [3.8, 4) is 12.1 Å². The summed E-state index contributed by atoms with van der Waals surface area (Å²) in [4.78, 5) is 0. The molecule has 1 aromatic carbocycles. The van der Waals surface area contributed by atoms with E-state index in [1.54, 1.807) is 12.1 Å². The number of rotatable bonds is 2. The molecule has 0 aliphatic rings. The van der Waals surface area contributed by atoms with Gasteiger partial charge in [0.2, 0.25) is 0 Å². The predicted octanol–water partition coefficient (Wildman–Crippen LogP) is 4.57. The highest BCUT2D eigenvalue weighted by atomic mass is 79.9. The number of hydrogen-bond donors (Lipinski definition) is 1. The molecule has 0 heterocycles. The first-order chi connectivity index (χ1) is 8.79. The van der Waals surface area contributed by atoms with Gasteiger partial charge in [0, 0.05) is 15.1 Å². The summed E-state index contributed by atoms with van der Waals surface area (Å²) in [6, 6.07) is 5.28. The second-order valence-corrected chi connectivity index (χ2v) is 4.94. The van der Waals surface area contributed by atoms with Crippen LogP contribution in [-0.2, 0) is 6.18 Å². The zero-order valence-corrected chi connectivity index (χ0v) is 12.2. The third kappa shape index (κ3) is 3.98. The van der Waals surface area contributed by atoms with Crippen LogP contribution in [-0.4, -0.2) is 0 Å². The van der Waals surface area contributed by atoms with Gasteiger partial charge in [0.25, 0.3) is 0 Å². The van der Waals surface area contributed by atoms with E-state index in [1.165, 1.54) is 6.07 Å². The van der Waals surface area contributed by atoms with Gasteiger partial charge in [0.15, 0.2) is 0 Å². The van der Waals surface area contributed by atoms with Crippen LogP contribution in [0, 0.1) is 22.7 Å². The first kappa shape index (κ1) is 15.5. The maximum Gasteiger partial charge on any atom is 0.417 e. The highest BCUT2D eigenvalue weighted by molar-refractivity contribution is 9.11. The highest BCUT2D eigenvalue weighted by Gasteiger charge is 2.33. The SMILES string of the molecule is N#CC(C#N)=CNc1cc(C(F)(F)F)c(Br)cc1Br. The van der Waals surface area contributed by atoms with Crippen molar-refractivity contribution in [2.45, 2.75) is 6.18 Å². The number of nitrogens with zero attached hydrogens (tertiary/aromatic N) is 2. The van der Waals surface area contributed by atoms with Crippen molar-refractivity contribution in [1.82, 2.24) is 0 Å². The lowest BCUT2D eigenvalue weighted by Crippen LogP contribution is -2.07. The number of anilines is 1. The van der Waals surface area contributed by atoms with Gasteiger partial charge in [0.05, 0.1) is 11.3 Å². The molecule has 8 heteroatoms. The Bertz CT molecular complexity index is 593. The Morgan fingerprint density at radius 2 is 1.74 bits per heavy atom. The van der Waals surface area contributed by atoms with Gasteiger partial charge in [-0.25, -0.2) is 0 Å². The number of hydrogen-bond acceptors (Lipinski definition) is 3. The molecule has 0 spiro atoms. The van der Waals surface area contributed by atoms with Gasteiger partial charge in [-0.3, -0.25) is 0 Å². The monoisotopic (exact) mass is 393 g/mol. The average molecular weight is 395 g/mol. The summed E-state index contributed by atoms with van der Waals surface area (Å²) < 4.78 is 38.3. The molecule has 0 atom stereocenters. The summed E-state index contributed by atoms with van der Waals surface area (Å²) in [6.45, 7) is 0. The smallest absolute Gasteiger partial charge is 0.359 e. The minimum absolute atomic E-state index is 0.0959. The molecule has 0 amide bonds. The molecular weight excluding hydrogens is 391 g/mol. The van der Waals surface area contributed by atoms with Crippen LogP contribution in [0.1, 0.15) is 5.56 Å². The normalized spacial score (nSPS) is 10.3. The first-order valence-corrected chi connectivity index (χ1v) is 6.21. The Kier molecular flexibility index (Phi) is 4.98. The van der Waals surface area contributed by atoms with Crippen molar-refractivity contribution in [3.63, 3.8) is 0 Å². The molecule has 0 bridgehead atoms. The van der Waals surface area contributed by atoms with Crippen molar-refractivity contribution in [3.05, 3.63) is 38.4 Å². The molecule has 0 saturated heterocycles. The van der Waals surface area contributed by atoms with Gasteiger partial charge in [-0.1, -0.05) is 15.9 Å². The van der Waals surface area contributed by atoms with Crippen molar-refractivity contribution in [2.24, 2.45) is 0 Å². The van der Waals surface area contributed by atoms with Crippen LogP contribution in [0.3, 0.4) is 0 Å². The van der Waals surface area contributed by atoms with E-state index >= 15 is 0 Å². The molecule has 0 fully saturated rings. The van der Waals surface area contributed by atoms with Crippen molar-refractivity contribution >= 4 is 37.5 Å². The Labute approximate surface area is 123 Å². The van der Waals surface area contributed by atoms with Crippen LogP contribution in [0.2, 0.25) is 0 Å². The van der Waals surface area contributed by atoms with E-state index in [9.17, 15) is 13.2 Å². The zero-order chi connectivity index (χ0) is 14.6. The second-order valence-electron chi connectivity index (χ2n) is 3.24. The van der Waals surface area contributed by atoms with Crippen LogP contribution in [0.15, 0.2) is 32.9 Å². The van der Waals surface area contributed by atoms with E-state index in [2.05, 4.69) is 37.2 Å². The van der Waals surface area contributed by atoms with Crippen molar-refractivity contribution < 1.29 is 13.2 Å². The fraction of sp³-hybridized carbons (Fsp3) is 0.0909. The largest absolute Gasteiger partial charge is 0.417 e. The number of alkyl halides is 3. The highest BCUT2D eigenvalue weighted by Crippen LogP contribution is 2.39. The molecule has 0 saturated carbocycles. The predicted molar refractivity (Wildman–Crippen MR) is 69.8 cm³/mol. The molecule has 3 nitrogen and oxygen atoms in total. The van der Waals surface area contributed by atoms with Crippen LogP contribution in [0.25, 0.3) is 0 Å². The lowest BCUT2D eigenvalue weighted by atomic mass is 10.2. The zero-order valence-electron chi connectivity index (χ0n) is 9.02. The summed E-state index contributed by atoms with van der Waals surface area (Å²) >= 11 is 5.91. The van der Waals surface area contributed by atoms with E-state index in [0.29, 0.717) is 4.47 Å². The van der Waals surface area contributed by atoms with Gasteiger partial charge in [0.1, 0.15) is 17.7 Å². The number of allylic oxidation sites excluding steroid dienone is 1. The van der Waals surface area contributed by atoms with E-state index in [1.807, 2.05) is 0 Å². The summed E-state index contributed by atoms with van der Waals surface area (Å²) in [5.41, 5.74) is -1.01.